The number of benzene rings is 1. The lowest BCUT2D eigenvalue weighted by molar-refractivity contribution is -0.121. The number of hydrogen-bond acceptors (Lipinski definition) is 5. The first-order valence-electron chi connectivity index (χ1n) is 6.85. The van der Waals surface area contributed by atoms with E-state index in [9.17, 15) is 4.79 Å². The molecule has 0 atom stereocenters. The number of amides is 1. The van der Waals surface area contributed by atoms with Crippen LogP contribution in [-0.2, 0) is 4.79 Å². The van der Waals surface area contributed by atoms with Gasteiger partial charge in [-0.05, 0) is 47.1 Å². The summed E-state index contributed by atoms with van der Waals surface area (Å²) in [7, 11) is 0. The molecule has 23 heavy (non-hydrogen) atoms. The van der Waals surface area contributed by atoms with E-state index >= 15 is 0 Å². The Kier molecular flexibility index (Phi) is 4.89. The second-order valence-corrected chi connectivity index (χ2v) is 7.40. The van der Waals surface area contributed by atoms with Gasteiger partial charge in [-0.1, -0.05) is 36.1 Å². The number of carbonyl (C=O) groups excluding carboxylic acids is 1. The van der Waals surface area contributed by atoms with Gasteiger partial charge in [0, 0.05) is 16.2 Å². The van der Waals surface area contributed by atoms with E-state index in [1.165, 1.54) is 11.8 Å². The fraction of sp³-hybridized carbons (Fsp3) is 0.125. The van der Waals surface area contributed by atoms with Gasteiger partial charge in [-0.15, -0.1) is 0 Å². The predicted octanol–water partition coefficient (Wildman–Crippen LogP) is 4.62. The van der Waals surface area contributed by atoms with Crippen LogP contribution in [0.4, 0.5) is 5.69 Å². The molecule has 2 aromatic rings. The zero-order valence-electron chi connectivity index (χ0n) is 12.2. The number of furan rings is 1. The molecule has 0 bridgehead atoms. The molecule has 2 heterocycles. The molecule has 1 aliphatic rings. The topological polar surface area (TPSA) is 45.5 Å². The lowest BCUT2D eigenvalue weighted by Crippen LogP contribution is -2.33. The molecule has 1 aromatic carbocycles. The van der Waals surface area contributed by atoms with Crippen molar-refractivity contribution >= 4 is 61.9 Å². The Morgan fingerprint density at radius 1 is 1.35 bits per heavy atom. The van der Waals surface area contributed by atoms with Crippen molar-refractivity contribution in [2.75, 3.05) is 12.0 Å². The molecule has 1 fully saturated rings. The molecule has 0 aliphatic carbocycles. The van der Waals surface area contributed by atoms with Crippen molar-refractivity contribution in [1.82, 2.24) is 4.90 Å². The summed E-state index contributed by atoms with van der Waals surface area (Å²) in [6.45, 7) is 2.19. The summed E-state index contributed by atoms with van der Waals surface area (Å²) in [6, 6.07) is 11.4. The molecule has 7 heteroatoms. The molecule has 1 amide bonds. The highest BCUT2D eigenvalue weighted by atomic mass is 79.9. The third-order valence-electron chi connectivity index (χ3n) is 3.21. The molecule has 1 saturated heterocycles. The highest BCUT2D eigenvalue weighted by Crippen LogP contribution is 2.33. The summed E-state index contributed by atoms with van der Waals surface area (Å²) < 4.78 is 6.95. The molecule has 1 aliphatic heterocycles. The van der Waals surface area contributed by atoms with Gasteiger partial charge in [0.2, 0.25) is 0 Å². The first kappa shape index (κ1) is 16.3. The quantitative estimate of drug-likeness (QED) is 0.590. The molecule has 0 unspecified atom stereocenters. The van der Waals surface area contributed by atoms with Crippen molar-refractivity contribution in [3.05, 3.63) is 57.3 Å². The van der Waals surface area contributed by atoms with Gasteiger partial charge in [-0.25, -0.2) is 0 Å². The number of rotatable bonds is 4. The van der Waals surface area contributed by atoms with Crippen LogP contribution in [0.1, 0.15) is 11.5 Å². The van der Waals surface area contributed by atoms with Crippen molar-refractivity contribution in [3.8, 4) is 0 Å². The van der Waals surface area contributed by atoms with Gasteiger partial charge >= 0.3 is 0 Å². The zero-order valence-corrected chi connectivity index (χ0v) is 15.4. The SMILES string of the molecule is Cc1ccc(C=C2SC(=S)N(CNc3ccccc3Br)C2=O)o1. The van der Waals surface area contributed by atoms with Crippen LogP contribution in [0.25, 0.3) is 6.08 Å². The first-order valence-corrected chi connectivity index (χ1v) is 8.86. The highest BCUT2D eigenvalue weighted by Gasteiger charge is 2.32. The second kappa shape index (κ2) is 6.90. The normalized spacial score (nSPS) is 16.4. The number of aryl methyl sites for hydroxylation is 1. The minimum Gasteiger partial charge on any atom is -0.462 e. The van der Waals surface area contributed by atoms with Crippen LogP contribution in [0.15, 0.2) is 50.2 Å². The Bertz CT molecular complexity index is 801. The molecule has 3 rings (SSSR count). The minimum atomic E-state index is -0.117. The van der Waals surface area contributed by atoms with E-state index < -0.39 is 0 Å². The summed E-state index contributed by atoms with van der Waals surface area (Å²) in [5.41, 5.74) is 0.909. The standard InChI is InChI=1S/C16H13BrN2O2S2/c1-10-6-7-11(21-10)8-14-15(20)19(16(22)23-14)9-18-13-5-3-2-4-12(13)17/h2-8,18H,9H2,1H3. The van der Waals surface area contributed by atoms with E-state index in [-0.39, 0.29) is 5.91 Å². The van der Waals surface area contributed by atoms with Crippen molar-refractivity contribution in [3.63, 3.8) is 0 Å². The third kappa shape index (κ3) is 3.68. The van der Waals surface area contributed by atoms with E-state index in [1.54, 1.807) is 11.0 Å². The van der Waals surface area contributed by atoms with Crippen LogP contribution in [0.3, 0.4) is 0 Å². The van der Waals surface area contributed by atoms with Gasteiger partial charge in [0.05, 0.1) is 11.6 Å². The highest BCUT2D eigenvalue weighted by molar-refractivity contribution is 9.10. The average molecular weight is 409 g/mol. The van der Waals surface area contributed by atoms with Crippen LogP contribution in [-0.4, -0.2) is 21.8 Å². The molecule has 0 saturated carbocycles. The summed E-state index contributed by atoms with van der Waals surface area (Å²) >= 11 is 10.1. The number of thiocarbonyl (C=S) groups is 1. The Balaban J connectivity index is 1.72. The maximum absolute atomic E-state index is 12.5. The van der Waals surface area contributed by atoms with Crippen molar-refractivity contribution < 1.29 is 9.21 Å². The summed E-state index contributed by atoms with van der Waals surface area (Å²) in [6.07, 6.45) is 1.73. The average Bonchev–Trinajstić information content (AvgIpc) is 3.04. The molecule has 0 radical (unpaired) electrons. The predicted molar refractivity (Wildman–Crippen MR) is 101 cm³/mol. The maximum atomic E-state index is 12.5. The summed E-state index contributed by atoms with van der Waals surface area (Å²) in [5, 5.41) is 3.21. The van der Waals surface area contributed by atoms with Crippen LogP contribution < -0.4 is 5.32 Å². The second-order valence-electron chi connectivity index (χ2n) is 4.87. The molecule has 1 N–H and O–H groups in total. The third-order valence-corrected chi connectivity index (χ3v) is 5.28. The van der Waals surface area contributed by atoms with Gasteiger partial charge < -0.3 is 9.73 Å². The summed E-state index contributed by atoms with van der Waals surface area (Å²) in [5.74, 6) is 1.35. The van der Waals surface area contributed by atoms with Crippen LogP contribution in [0.2, 0.25) is 0 Å². The lowest BCUT2D eigenvalue weighted by atomic mass is 10.3. The van der Waals surface area contributed by atoms with Gasteiger partial charge in [0.25, 0.3) is 5.91 Å². The smallest absolute Gasteiger partial charge is 0.267 e. The first-order chi connectivity index (χ1) is 11.0. The van der Waals surface area contributed by atoms with E-state index in [0.29, 0.717) is 21.7 Å². The van der Waals surface area contributed by atoms with E-state index in [2.05, 4.69) is 21.2 Å². The van der Waals surface area contributed by atoms with Crippen molar-refractivity contribution in [1.29, 1.82) is 0 Å². The number of hydrogen-bond donors (Lipinski definition) is 1. The van der Waals surface area contributed by atoms with Crippen LogP contribution in [0, 0.1) is 6.92 Å². The molecular formula is C16H13BrN2O2S2. The number of para-hydroxylation sites is 1. The fourth-order valence-corrected chi connectivity index (χ4v) is 3.73. The molecule has 0 spiro atoms. The lowest BCUT2D eigenvalue weighted by Gasteiger charge is -2.16. The molecule has 118 valence electrons. The van der Waals surface area contributed by atoms with E-state index in [4.69, 9.17) is 16.6 Å². The van der Waals surface area contributed by atoms with Crippen LogP contribution in [0.5, 0.6) is 0 Å². The Morgan fingerprint density at radius 2 is 2.13 bits per heavy atom. The van der Waals surface area contributed by atoms with Gasteiger partial charge in [0.1, 0.15) is 15.8 Å². The van der Waals surface area contributed by atoms with Crippen LogP contribution >= 0.6 is 39.9 Å². The van der Waals surface area contributed by atoms with E-state index in [1.807, 2.05) is 43.3 Å². The number of nitrogens with zero attached hydrogens (tertiary/aromatic N) is 1. The Hall–Kier alpha value is -1.57. The number of nitrogens with one attached hydrogen (secondary N) is 1. The van der Waals surface area contributed by atoms with Gasteiger partial charge in [0.15, 0.2) is 0 Å². The largest absolute Gasteiger partial charge is 0.462 e. The fourth-order valence-electron chi connectivity index (χ4n) is 2.07. The monoisotopic (exact) mass is 408 g/mol. The van der Waals surface area contributed by atoms with E-state index in [0.717, 1.165) is 15.9 Å². The number of halogens is 1. The zero-order chi connectivity index (χ0) is 16.4. The van der Waals surface area contributed by atoms with Gasteiger partial charge in [-0.3, -0.25) is 9.69 Å². The molecule has 1 aromatic heterocycles. The van der Waals surface area contributed by atoms with Crippen molar-refractivity contribution in [2.24, 2.45) is 0 Å². The minimum absolute atomic E-state index is 0.117. The number of anilines is 1. The molecule has 4 nitrogen and oxygen atoms in total. The van der Waals surface area contributed by atoms with Crippen molar-refractivity contribution in [2.45, 2.75) is 6.92 Å². The maximum Gasteiger partial charge on any atom is 0.267 e. The number of carbonyl (C=O) groups is 1. The van der Waals surface area contributed by atoms with Gasteiger partial charge in [-0.2, -0.15) is 0 Å². The molecular weight excluding hydrogens is 396 g/mol. The summed E-state index contributed by atoms with van der Waals surface area (Å²) in [4.78, 5) is 14.6. The Labute approximate surface area is 152 Å². The Morgan fingerprint density at radius 3 is 2.83 bits per heavy atom. The number of thioether (sulfide) groups is 1.